The monoisotopic (exact) mass is 295 g/mol. The normalized spacial score (nSPS) is 28.0. The second-order valence-corrected chi connectivity index (χ2v) is 6.79. The molecular formula is C14H21N3O2S. The second kappa shape index (κ2) is 5.79. The highest BCUT2D eigenvalue weighted by atomic mass is 32.1. The lowest BCUT2D eigenvalue weighted by atomic mass is 9.93. The molecule has 0 N–H and O–H groups in total. The van der Waals surface area contributed by atoms with Crippen molar-refractivity contribution in [2.24, 2.45) is 5.92 Å². The Hall–Kier alpha value is -0.980. The number of hydrogen-bond acceptors (Lipinski definition) is 5. The van der Waals surface area contributed by atoms with E-state index in [1.165, 1.54) is 11.3 Å². The van der Waals surface area contributed by atoms with E-state index < -0.39 is 0 Å². The Morgan fingerprint density at radius 2 is 2.30 bits per heavy atom. The van der Waals surface area contributed by atoms with E-state index in [4.69, 9.17) is 4.74 Å². The highest BCUT2D eigenvalue weighted by Crippen LogP contribution is 2.24. The molecule has 0 saturated carbocycles. The average Bonchev–Trinajstić information content (AvgIpc) is 2.77. The van der Waals surface area contributed by atoms with Crippen molar-refractivity contribution in [3.05, 3.63) is 16.1 Å². The van der Waals surface area contributed by atoms with Crippen LogP contribution in [0.4, 0.5) is 0 Å². The van der Waals surface area contributed by atoms with Gasteiger partial charge >= 0.3 is 0 Å². The zero-order valence-electron chi connectivity index (χ0n) is 12.0. The maximum atomic E-state index is 12.4. The second-order valence-electron chi connectivity index (χ2n) is 5.72. The van der Waals surface area contributed by atoms with Crippen LogP contribution in [0.3, 0.4) is 0 Å². The van der Waals surface area contributed by atoms with Crippen LogP contribution in [0.5, 0.6) is 0 Å². The van der Waals surface area contributed by atoms with E-state index in [0.717, 1.165) is 37.7 Å². The number of ether oxygens (including phenoxy) is 1. The standard InChI is InChI=1S/C14H21N3O2S/c1-10-15-12(9-20-10)14(18)17-4-3-11-7-16(2)5-6-19-13(11)8-17/h9,11,13H,3-8H2,1-2H3/t11-,13-/m1/s1. The molecule has 5 nitrogen and oxygen atoms in total. The number of rotatable bonds is 1. The largest absolute Gasteiger partial charge is 0.375 e. The first-order valence-electron chi connectivity index (χ1n) is 7.15. The van der Waals surface area contributed by atoms with Gasteiger partial charge in [-0.3, -0.25) is 4.79 Å². The van der Waals surface area contributed by atoms with Crippen LogP contribution in [0, 0.1) is 12.8 Å². The average molecular weight is 295 g/mol. The van der Waals surface area contributed by atoms with Gasteiger partial charge in [-0.15, -0.1) is 11.3 Å². The molecule has 0 aromatic carbocycles. The van der Waals surface area contributed by atoms with E-state index in [9.17, 15) is 4.79 Å². The molecule has 1 aromatic heterocycles. The predicted octanol–water partition coefficient (Wildman–Crippen LogP) is 1.24. The number of likely N-dealkylation sites (tertiary alicyclic amines) is 1. The van der Waals surface area contributed by atoms with Gasteiger partial charge < -0.3 is 14.5 Å². The molecule has 3 heterocycles. The van der Waals surface area contributed by atoms with Crippen LogP contribution >= 0.6 is 11.3 Å². The third-order valence-electron chi connectivity index (χ3n) is 4.17. The maximum Gasteiger partial charge on any atom is 0.273 e. The third-order valence-corrected chi connectivity index (χ3v) is 4.95. The highest BCUT2D eigenvalue weighted by Gasteiger charge is 2.34. The summed E-state index contributed by atoms with van der Waals surface area (Å²) in [6.45, 7) is 6.25. The van der Waals surface area contributed by atoms with Gasteiger partial charge in [0.25, 0.3) is 5.91 Å². The third kappa shape index (κ3) is 2.87. The number of aryl methyl sites for hydroxylation is 1. The summed E-state index contributed by atoms with van der Waals surface area (Å²) < 4.78 is 5.95. The summed E-state index contributed by atoms with van der Waals surface area (Å²) in [7, 11) is 2.14. The maximum absolute atomic E-state index is 12.4. The van der Waals surface area contributed by atoms with Gasteiger partial charge in [0.2, 0.25) is 0 Å². The van der Waals surface area contributed by atoms with Crippen LogP contribution in [-0.4, -0.2) is 66.6 Å². The molecule has 0 unspecified atom stereocenters. The Balaban J connectivity index is 1.67. The molecule has 0 radical (unpaired) electrons. The van der Waals surface area contributed by atoms with Crippen molar-refractivity contribution < 1.29 is 9.53 Å². The number of hydrogen-bond donors (Lipinski definition) is 0. The van der Waals surface area contributed by atoms with E-state index in [1.807, 2.05) is 17.2 Å². The number of thiazole rings is 1. The minimum absolute atomic E-state index is 0.0500. The van der Waals surface area contributed by atoms with Gasteiger partial charge in [0.05, 0.1) is 17.7 Å². The van der Waals surface area contributed by atoms with Crippen molar-refractivity contribution >= 4 is 17.2 Å². The number of piperidine rings is 1. The number of likely N-dealkylation sites (N-methyl/N-ethyl adjacent to an activating group) is 1. The first kappa shape index (κ1) is 14.0. The summed E-state index contributed by atoms with van der Waals surface area (Å²) >= 11 is 1.53. The number of aromatic nitrogens is 1. The lowest BCUT2D eigenvalue weighted by molar-refractivity contribution is -0.0172. The summed E-state index contributed by atoms with van der Waals surface area (Å²) in [5.74, 6) is 0.595. The van der Waals surface area contributed by atoms with E-state index in [-0.39, 0.29) is 12.0 Å². The van der Waals surface area contributed by atoms with Crippen LogP contribution in [0.1, 0.15) is 21.9 Å². The quantitative estimate of drug-likeness (QED) is 0.782. The predicted molar refractivity (Wildman–Crippen MR) is 78.1 cm³/mol. The lowest BCUT2D eigenvalue weighted by Crippen LogP contribution is -2.49. The van der Waals surface area contributed by atoms with Crippen LogP contribution < -0.4 is 0 Å². The van der Waals surface area contributed by atoms with Crippen LogP contribution in [-0.2, 0) is 4.74 Å². The van der Waals surface area contributed by atoms with Crippen LogP contribution in [0.15, 0.2) is 5.38 Å². The van der Waals surface area contributed by atoms with Gasteiger partial charge in [0.1, 0.15) is 5.69 Å². The number of nitrogens with zero attached hydrogens (tertiary/aromatic N) is 3. The Kier molecular flexibility index (Phi) is 4.05. The lowest BCUT2D eigenvalue weighted by Gasteiger charge is -2.37. The molecule has 20 heavy (non-hydrogen) atoms. The molecule has 2 aliphatic rings. The topological polar surface area (TPSA) is 45.7 Å². The van der Waals surface area contributed by atoms with Crippen molar-refractivity contribution in [1.29, 1.82) is 0 Å². The summed E-state index contributed by atoms with van der Waals surface area (Å²) in [6, 6.07) is 0. The van der Waals surface area contributed by atoms with Gasteiger partial charge in [-0.2, -0.15) is 0 Å². The molecule has 2 fully saturated rings. The molecule has 2 atom stereocenters. The molecule has 2 saturated heterocycles. The van der Waals surface area contributed by atoms with Crippen LogP contribution in [0.2, 0.25) is 0 Å². The Morgan fingerprint density at radius 1 is 1.45 bits per heavy atom. The van der Waals surface area contributed by atoms with Gasteiger partial charge in [-0.25, -0.2) is 4.98 Å². The minimum atomic E-state index is 0.0500. The van der Waals surface area contributed by atoms with E-state index >= 15 is 0 Å². The molecule has 0 bridgehead atoms. The number of carbonyl (C=O) groups is 1. The summed E-state index contributed by atoms with van der Waals surface area (Å²) in [5.41, 5.74) is 0.580. The van der Waals surface area contributed by atoms with Gasteiger partial charge in [0, 0.05) is 37.5 Å². The van der Waals surface area contributed by atoms with E-state index in [2.05, 4.69) is 16.9 Å². The molecule has 1 amide bonds. The molecule has 2 aliphatic heterocycles. The molecule has 1 aromatic rings. The van der Waals surface area contributed by atoms with Crippen molar-refractivity contribution in [1.82, 2.24) is 14.8 Å². The first-order valence-corrected chi connectivity index (χ1v) is 8.03. The van der Waals surface area contributed by atoms with Crippen LogP contribution in [0.25, 0.3) is 0 Å². The van der Waals surface area contributed by atoms with E-state index in [1.54, 1.807) is 0 Å². The fourth-order valence-electron chi connectivity index (χ4n) is 3.02. The molecule has 110 valence electrons. The van der Waals surface area contributed by atoms with Gasteiger partial charge in [-0.05, 0) is 20.4 Å². The molecule has 0 aliphatic carbocycles. The highest BCUT2D eigenvalue weighted by molar-refractivity contribution is 7.09. The fraction of sp³-hybridized carbons (Fsp3) is 0.714. The SMILES string of the molecule is Cc1nc(C(=O)N2CC[C@@H]3CN(C)CCO[C@@H]3C2)cs1. The van der Waals surface area contributed by atoms with Gasteiger partial charge in [0.15, 0.2) is 0 Å². The zero-order valence-corrected chi connectivity index (χ0v) is 12.9. The van der Waals surface area contributed by atoms with Crippen molar-refractivity contribution in [3.8, 4) is 0 Å². The smallest absolute Gasteiger partial charge is 0.273 e. The first-order chi connectivity index (χ1) is 9.63. The summed E-state index contributed by atoms with van der Waals surface area (Å²) in [4.78, 5) is 21.0. The number of amides is 1. The van der Waals surface area contributed by atoms with Gasteiger partial charge in [-0.1, -0.05) is 0 Å². The number of fused-ring (bicyclic) bond motifs is 1. The summed E-state index contributed by atoms with van der Waals surface area (Å²) in [6.07, 6.45) is 1.20. The Labute approximate surface area is 123 Å². The number of carbonyl (C=O) groups excluding carboxylic acids is 1. The fourth-order valence-corrected chi connectivity index (χ4v) is 3.61. The summed E-state index contributed by atoms with van der Waals surface area (Å²) in [5, 5.41) is 2.79. The Bertz CT molecular complexity index is 491. The molecule has 6 heteroatoms. The van der Waals surface area contributed by atoms with E-state index in [0.29, 0.717) is 18.2 Å². The van der Waals surface area contributed by atoms with Crippen molar-refractivity contribution in [2.75, 3.05) is 39.8 Å². The molecular weight excluding hydrogens is 274 g/mol. The zero-order chi connectivity index (χ0) is 14.1. The molecule has 3 rings (SSSR count). The minimum Gasteiger partial charge on any atom is -0.375 e. The Morgan fingerprint density at radius 3 is 3.05 bits per heavy atom. The van der Waals surface area contributed by atoms with Crippen molar-refractivity contribution in [2.45, 2.75) is 19.4 Å². The van der Waals surface area contributed by atoms with Crippen molar-refractivity contribution in [3.63, 3.8) is 0 Å². The molecule has 0 spiro atoms.